The number of thioether (sulfide) groups is 1. The van der Waals surface area contributed by atoms with E-state index in [0.717, 1.165) is 18.1 Å². The van der Waals surface area contributed by atoms with Gasteiger partial charge >= 0.3 is 0 Å². The van der Waals surface area contributed by atoms with Crippen LogP contribution in [0.25, 0.3) is 0 Å². The van der Waals surface area contributed by atoms with E-state index in [1.54, 1.807) is 0 Å². The third kappa shape index (κ3) is 5.42. The highest BCUT2D eigenvalue weighted by molar-refractivity contribution is 7.99. The highest BCUT2D eigenvalue weighted by Crippen LogP contribution is 2.16. The Kier molecular flexibility index (Phi) is 6.60. The Labute approximate surface area is 89.8 Å². The van der Waals surface area contributed by atoms with Gasteiger partial charge in [0, 0.05) is 18.2 Å². The molecule has 0 spiro atoms. The molecule has 0 aromatic rings. The van der Waals surface area contributed by atoms with Crippen LogP contribution < -0.4 is 5.32 Å². The van der Waals surface area contributed by atoms with Crippen molar-refractivity contribution in [1.29, 1.82) is 0 Å². The Morgan fingerprint density at radius 3 is 2.62 bits per heavy atom. The zero-order valence-electron chi connectivity index (χ0n) is 8.52. The van der Waals surface area contributed by atoms with E-state index in [1.807, 2.05) is 25.6 Å². The zero-order chi connectivity index (χ0) is 10.3. The fourth-order valence-corrected chi connectivity index (χ4v) is 1.34. The van der Waals surface area contributed by atoms with Crippen LogP contribution in [0.2, 0.25) is 0 Å². The molecule has 0 saturated carbocycles. The minimum Gasteiger partial charge on any atom is -0.355 e. The minimum absolute atomic E-state index is 0.0409. The monoisotopic (exact) mass is 223 g/mol. The average Bonchev–Trinajstić information content (AvgIpc) is 2.12. The normalized spacial score (nSPS) is 11.4. The van der Waals surface area contributed by atoms with Gasteiger partial charge in [0.15, 0.2) is 0 Å². The van der Waals surface area contributed by atoms with Crippen molar-refractivity contribution in [3.63, 3.8) is 0 Å². The van der Waals surface area contributed by atoms with Gasteiger partial charge < -0.3 is 5.32 Å². The summed E-state index contributed by atoms with van der Waals surface area (Å²) < 4.78 is 0. The third-order valence-corrected chi connectivity index (χ3v) is 3.25. The molecule has 0 atom stereocenters. The SMILES string of the molecule is CCSCCNC(=O)C(C)(C)CCl. The molecule has 0 aliphatic heterocycles. The van der Waals surface area contributed by atoms with Gasteiger partial charge in [0.05, 0.1) is 5.41 Å². The highest BCUT2D eigenvalue weighted by Gasteiger charge is 2.25. The fraction of sp³-hybridized carbons (Fsp3) is 0.889. The lowest BCUT2D eigenvalue weighted by Gasteiger charge is -2.20. The van der Waals surface area contributed by atoms with Gasteiger partial charge in [-0.2, -0.15) is 11.8 Å². The van der Waals surface area contributed by atoms with Crippen LogP contribution in [0, 0.1) is 5.41 Å². The summed E-state index contributed by atoms with van der Waals surface area (Å²) in [5.74, 6) is 2.47. The number of alkyl halides is 1. The molecule has 0 aromatic heterocycles. The van der Waals surface area contributed by atoms with Gasteiger partial charge in [0.1, 0.15) is 0 Å². The highest BCUT2D eigenvalue weighted by atomic mass is 35.5. The number of amides is 1. The molecule has 0 aliphatic rings. The van der Waals surface area contributed by atoms with E-state index in [9.17, 15) is 4.79 Å². The first-order valence-electron chi connectivity index (χ1n) is 4.46. The summed E-state index contributed by atoms with van der Waals surface area (Å²) in [5.41, 5.74) is -0.446. The number of carbonyl (C=O) groups excluding carboxylic acids is 1. The molecule has 0 radical (unpaired) electrons. The molecule has 0 saturated heterocycles. The molecule has 2 nitrogen and oxygen atoms in total. The second kappa shape index (κ2) is 6.55. The first-order valence-corrected chi connectivity index (χ1v) is 6.15. The molecular formula is C9H18ClNOS. The van der Waals surface area contributed by atoms with Gasteiger partial charge in [-0.3, -0.25) is 4.79 Å². The maximum Gasteiger partial charge on any atom is 0.226 e. The van der Waals surface area contributed by atoms with Gasteiger partial charge in [0.25, 0.3) is 0 Å². The van der Waals surface area contributed by atoms with E-state index in [4.69, 9.17) is 11.6 Å². The van der Waals surface area contributed by atoms with E-state index in [-0.39, 0.29) is 5.91 Å². The molecule has 0 unspecified atom stereocenters. The van der Waals surface area contributed by atoms with Crippen molar-refractivity contribution in [2.45, 2.75) is 20.8 Å². The van der Waals surface area contributed by atoms with Crippen molar-refractivity contribution in [3.8, 4) is 0 Å². The van der Waals surface area contributed by atoms with Crippen molar-refractivity contribution in [2.75, 3.05) is 23.9 Å². The molecule has 1 N–H and O–H groups in total. The molecule has 0 rings (SSSR count). The van der Waals surface area contributed by atoms with E-state index in [0.29, 0.717) is 5.88 Å². The van der Waals surface area contributed by atoms with Crippen molar-refractivity contribution >= 4 is 29.3 Å². The average molecular weight is 224 g/mol. The van der Waals surface area contributed by atoms with E-state index in [2.05, 4.69) is 12.2 Å². The summed E-state index contributed by atoms with van der Waals surface area (Å²) in [6.07, 6.45) is 0. The van der Waals surface area contributed by atoms with E-state index < -0.39 is 5.41 Å². The summed E-state index contributed by atoms with van der Waals surface area (Å²) >= 11 is 7.48. The van der Waals surface area contributed by atoms with Crippen molar-refractivity contribution in [2.24, 2.45) is 5.41 Å². The van der Waals surface area contributed by atoms with Crippen LogP contribution in [0.5, 0.6) is 0 Å². The lowest BCUT2D eigenvalue weighted by Crippen LogP contribution is -2.39. The zero-order valence-corrected chi connectivity index (χ0v) is 10.1. The Hall–Kier alpha value is 0.110. The number of hydrogen-bond acceptors (Lipinski definition) is 2. The summed E-state index contributed by atoms with van der Waals surface area (Å²) in [4.78, 5) is 11.5. The predicted octanol–water partition coefficient (Wildman–Crippen LogP) is 2.12. The maximum atomic E-state index is 11.5. The molecule has 0 fully saturated rings. The number of rotatable bonds is 6. The number of carbonyl (C=O) groups is 1. The van der Waals surface area contributed by atoms with Crippen LogP contribution in [0.15, 0.2) is 0 Å². The number of hydrogen-bond donors (Lipinski definition) is 1. The quantitative estimate of drug-likeness (QED) is 0.552. The predicted molar refractivity (Wildman–Crippen MR) is 60.5 cm³/mol. The van der Waals surface area contributed by atoms with Crippen molar-refractivity contribution in [1.82, 2.24) is 5.32 Å². The van der Waals surface area contributed by atoms with Gasteiger partial charge in [-0.15, -0.1) is 11.6 Å². The third-order valence-electron chi connectivity index (χ3n) is 1.68. The Morgan fingerprint density at radius 1 is 1.54 bits per heavy atom. The largest absolute Gasteiger partial charge is 0.355 e. The summed E-state index contributed by atoms with van der Waals surface area (Å²) in [6, 6.07) is 0. The van der Waals surface area contributed by atoms with Gasteiger partial charge in [0.2, 0.25) is 5.91 Å². The molecular weight excluding hydrogens is 206 g/mol. The first kappa shape index (κ1) is 13.1. The lowest BCUT2D eigenvalue weighted by atomic mass is 9.95. The molecule has 78 valence electrons. The topological polar surface area (TPSA) is 29.1 Å². The molecule has 4 heteroatoms. The first-order chi connectivity index (χ1) is 6.04. The van der Waals surface area contributed by atoms with E-state index in [1.165, 1.54) is 0 Å². The van der Waals surface area contributed by atoms with Crippen LogP contribution in [0.3, 0.4) is 0 Å². The lowest BCUT2D eigenvalue weighted by molar-refractivity contribution is -0.128. The molecule has 0 bridgehead atoms. The van der Waals surface area contributed by atoms with Crippen LogP contribution in [-0.2, 0) is 4.79 Å². The number of halogens is 1. The van der Waals surface area contributed by atoms with Crippen molar-refractivity contribution in [3.05, 3.63) is 0 Å². The summed E-state index contributed by atoms with van der Waals surface area (Å²) in [6.45, 7) is 6.54. The number of nitrogens with one attached hydrogen (secondary N) is 1. The van der Waals surface area contributed by atoms with Gasteiger partial charge in [-0.25, -0.2) is 0 Å². The molecule has 0 aliphatic carbocycles. The standard InChI is InChI=1S/C9H18ClNOS/c1-4-13-6-5-11-8(12)9(2,3)7-10/h4-7H2,1-3H3,(H,11,12). The molecule has 1 amide bonds. The minimum atomic E-state index is -0.446. The Morgan fingerprint density at radius 2 is 2.15 bits per heavy atom. The van der Waals surface area contributed by atoms with Crippen LogP contribution in [-0.4, -0.2) is 29.8 Å². The van der Waals surface area contributed by atoms with Gasteiger partial charge in [-0.1, -0.05) is 6.92 Å². The maximum absolute atomic E-state index is 11.5. The van der Waals surface area contributed by atoms with Crippen LogP contribution in [0.1, 0.15) is 20.8 Å². The summed E-state index contributed by atoms with van der Waals surface area (Å²) in [7, 11) is 0. The smallest absolute Gasteiger partial charge is 0.226 e. The van der Waals surface area contributed by atoms with E-state index >= 15 is 0 Å². The Bertz CT molecular complexity index is 162. The van der Waals surface area contributed by atoms with Crippen LogP contribution >= 0.6 is 23.4 Å². The summed E-state index contributed by atoms with van der Waals surface area (Å²) in [5, 5.41) is 2.86. The molecule has 0 heterocycles. The van der Waals surface area contributed by atoms with Gasteiger partial charge in [-0.05, 0) is 19.6 Å². The van der Waals surface area contributed by atoms with Crippen LogP contribution in [0.4, 0.5) is 0 Å². The fourth-order valence-electron chi connectivity index (χ4n) is 0.681. The second-order valence-electron chi connectivity index (χ2n) is 3.47. The Balaban J connectivity index is 3.62. The second-order valence-corrected chi connectivity index (χ2v) is 5.13. The molecule has 0 aromatic carbocycles. The van der Waals surface area contributed by atoms with Crippen molar-refractivity contribution < 1.29 is 4.79 Å². The molecule has 13 heavy (non-hydrogen) atoms.